The second-order valence-corrected chi connectivity index (χ2v) is 4.93. The van der Waals surface area contributed by atoms with Crippen molar-refractivity contribution in [1.82, 2.24) is 10.2 Å². The third-order valence-corrected chi connectivity index (χ3v) is 3.57. The summed E-state index contributed by atoms with van der Waals surface area (Å²) in [6.07, 6.45) is 6.63. The lowest BCUT2D eigenvalue weighted by Crippen LogP contribution is -2.37. The summed E-state index contributed by atoms with van der Waals surface area (Å²) in [6.45, 7) is 5.05. The molecule has 1 amide bonds. The van der Waals surface area contributed by atoms with Gasteiger partial charge in [0.05, 0.1) is 12.2 Å². The van der Waals surface area contributed by atoms with Crippen LogP contribution in [0.2, 0.25) is 0 Å². The average molecular weight is 210 g/mol. The van der Waals surface area contributed by atoms with Crippen molar-refractivity contribution in [2.45, 2.75) is 58.2 Å². The summed E-state index contributed by atoms with van der Waals surface area (Å²) < 4.78 is 0. The molecule has 1 saturated heterocycles. The van der Waals surface area contributed by atoms with Crippen LogP contribution in [0.15, 0.2) is 0 Å². The molecule has 3 nitrogen and oxygen atoms in total. The van der Waals surface area contributed by atoms with Crippen molar-refractivity contribution >= 4 is 5.91 Å². The highest BCUT2D eigenvalue weighted by Gasteiger charge is 2.34. The Morgan fingerprint density at radius 1 is 1.47 bits per heavy atom. The largest absolute Gasteiger partial charge is 0.326 e. The van der Waals surface area contributed by atoms with Crippen LogP contribution in [0, 0.1) is 5.92 Å². The molecule has 0 aromatic carbocycles. The van der Waals surface area contributed by atoms with Crippen molar-refractivity contribution in [3.05, 3.63) is 0 Å². The molecule has 2 atom stereocenters. The number of carbonyl (C=O) groups excluding carboxylic acids is 1. The SMILES string of the molecule is CCC1NC(C)C(=O)N1CCCC1CC1. The molecule has 1 aliphatic heterocycles. The predicted octanol–water partition coefficient (Wildman–Crippen LogP) is 1.73. The van der Waals surface area contributed by atoms with Crippen molar-refractivity contribution in [1.29, 1.82) is 0 Å². The van der Waals surface area contributed by atoms with Crippen molar-refractivity contribution in [3.63, 3.8) is 0 Å². The summed E-state index contributed by atoms with van der Waals surface area (Å²) in [7, 11) is 0. The smallest absolute Gasteiger partial charge is 0.240 e. The molecule has 2 unspecified atom stereocenters. The third-order valence-electron chi connectivity index (χ3n) is 3.57. The second kappa shape index (κ2) is 4.52. The van der Waals surface area contributed by atoms with Gasteiger partial charge in [0.25, 0.3) is 0 Å². The minimum absolute atomic E-state index is 0.0240. The van der Waals surface area contributed by atoms with Gasteiger partial charge in [0.1, 0.15) is 0 Å². The topological polar surface area (TPSA) is 32.3 Å². The summed E-state index contributed by atoms with van der Waals surface area (Å²) in [5, 5.41) is 3.33. The van der Waals surface area contributed by atoms with Crippen LogP contribution in [0.1, 0.15) is 46.0 Å². The van der Waals surface area contributed by atoms with E-state index >= 15 is 0 Å². The van der Waals surface area contributed by atoms with E-state index < -0.39 is 0 Å². The van der Waals surface area contributed by atoms with Crippen LogP contribution in [-0.4, -0.2) is 29.6 Å². The van der Waals surface area contributed by atoms with E-state index in [9.17, 15) is 4.79 Å². The van der Waals surface area contributed by atoms with E-state index in [0.29, 0.717) is 0 Å². The van der Waals surface area contributed by atoms with Gasteiger partial charge in [0.2, 0.25) is 5.91 Å². The Balaban J connectivity index is 1.79. The fourth-order valence-corrected chi connectivity index (χ4v) is 2.41. The van der Waals surface area contributed by atoms with E-state index in [1.54, 1.807) is 0 Å². The highest BCUT2D eigenvalue weighted by atomic mass is 16.2. The van der Waals surface area contributed by atoms with E-state index in [2.05, 4.69) is 12.2 Å². The molecular formula is C12H22N2O. The van der Waals surface area contributed by atoms with Gasteiger partial charge in [-0.25, -0.2) is 0 Å². The fraction of sp³-hybridized carbons (Fsp3) is 0.917. The van der Waals surface area contributed by atoms with Gasteiger partial charge in [0, 0.05) is 6.54 Å². The van der Waals surface area contributed by atoms with Gasteiger partial charge in [-0.05, 0) is 32.1 Å². The monoisotopic (exact) mass is 210 g/mol. The summed E-state index contributed by atoms with van der Waals surface area (Å²) in [6, 6.07) is 0.0240. The second-order valence-electron chi connectivity index (χ2n) is 4.93. The Kier molecular flexibility index (Phi) is 3.29. The number of rotatable bonds is 5. The van der Waals surface area contributed by atoms with Crippen molar-refractivity contribution in [2.75, 3.05) is 6.54 Å². The van der Waals surface area contributed by atoms with Crippen LogP contribution < -0.4 is 5.32 Å². The zero-order chi connectivity index (χ0) is 10.8. The van der Waals surface area contributed by atoms with Gasteiger partial charge in [0.15, 0.2) is 0 Å². The number of hydrogen-bond acceptors (Lipinski definition) is 2. The lowest BCUT2D eigenvalue weighted by molar-refractivity contribution is -0.129. The van der Waals surface area contributed by atoms with E-state index in [1.165, 1.54) is 25.7 Å². The first kappa shape index (κ1) is 10.9. The molecule has 1 aliphatic carbocycles. The molecular weight excluding hydrogens is 188 g/mol. The Labute approximate surface area is 92.2 Å². The molecule has 1 saturated carbocycles. The molecule has 0 aromatic rings. The van der Waals surface area contributed by atoms with E-state index in [-0.39, 0.29) is 18.1 Å². The molecule has 1 N–H and O–H groups in total. The van der Waals surface area contributed by atoms with E-state index in [1.807, 2.05) is 11.8 Å². The first-order valence-corrected chi connectivity index (χ1v) is 6.29. The molecule has 15 heavy (non-hydrogen) atoms. The van der Waals surface area contributed by atoms with Crippen molar-refractivity contribution < 1.29 is 4.79 Å². The Morgan fingerprint density at radius 3 is 2.80 bits per heavy atom. The predicted molar refractivity (Wildman–Crippen MR) is 60.3 cm³/mol. The summed E-state index contributed by atoms with van der Waals surface area (Å²) >= 11 is 0. The molecule has 2 aliphatic rings. The highest BCUT2D eigenvalue weighted by molar-refractivity contribution is 5.83. The molecule has 86 valence electrons. The summed E-state index contributed by atoms with van der Waals surface area (Å²) in [5.41, 5.74) is 0. The maximum Gasteiger partial charge on any atom is 0.240 e. The van der Waals surface area contributed by atoms with Crippen LogP contribution in [0.5, 0.6) is 0 Å². The van der Waals surface area contributed by atoms with Crippen LogP contribution in [0.25, 0.3) is 0 Å². The van der Waals surface area contributed by atoms with Crippen LogP contribution in [0.3, 0.4) is 0 Å². The maximum atomic E-state index is 11.8. The maximum absolute atomic E-state index is 11.8. The Morgan fingerprint density at radius 2 is 2.20 bits per heavy atom. The Hall–Kier alpha value is -0.570. The normalized spacial score (nSPS) is 31.3. The molecule has 3 heteroatoms. The molecule has 0 bridgehead atoms. The molecule has 2 rings (SSSR count). The number of nitrogens with zero attached hydrogens (tertiary/aromatic N) is 1. The van der Waals surface area contributed by atoms with E-state index in [4.69, 9.17) is 0 Å². The number of carbonyl (C=O) groups is 1. The lowest BCUT2D eigenvalue weighted by Gasteiger charge is -2.22. The zero-order valence-electron chi connectivity index (χ0n) is 9.83. The van der Waals surface area contributed by atoms with Gasteiger partial charge in [-0.1, -0.05) is 19.8 Å². The molecule has 0 spiro atoms. The molecule has 0 aromatic heterocycles. The van der Waals surface area contributed by atoms with E-state index in [0.717, 1.165) is 18.9 Å². The Bertz CT molecular complexity index is 238. The minimum atomic E-state index is 0.0240. The highest BCUT2D eigenvalue weighted by Crippen LogP contribution is 2.33. The lowest BCUT2D eigenvalue weighted by atomic mass is 10.2. The summed E-state index contributed by atoms with van der Waals surface area (Å²) in [5.74, 6) is 1.27. The first-order valence-electron chi connectivity index (χ1n) is 6.29. The average Bonchev–Trinajstić information content (AvgIpc) is 3.00. The quantitative estimate of drug-likeness (QED) is 0.749. The van der Waals surface area contributed by atoms with Crippen LogP contribution in [0.4, 0.5) is 0 Å². The molecule has 2 fully saturated rings. The number of nitrogens with one attached hydrogen (secondary N) is 1. The van der Waals surface area contributed by atoms with Gasteiger partial charge in [-0.15, -0.1) is 0 Å². The van der Waals surface area contributed by atoms with Crippen LogP contribution in [-0.2, 0) is 4.79 Å². The van der Waals surface area contributed by atoms with Gasteiger partial charge >= 0.3 is 0 Å². The van der Waals surface area contributed by atoms with Gasteiger partial charge in [-0.3, -0.25) is 10.1 Å². The number of amides is 1. The third kappa shape index (κ3) is 2.51. The van der Waals surface area contributed by atoms with Crippen LogP contribution >= 0.6 is 0 Å². The van der Waals surface area contributed by atoms with Gasteiger partial charge in [-0.2, -0.15) is 0 Å². The standard InChI is InChI=1S/C12H22N2O/c1-3-11-13-9(2)12(15)14(11)8-4-5-10-6-7-10/h9-11,13H,3-8H2,1-2H3. The minimum Gasteiger partial charge on any atom is -0.326 e. The zero-order valence-corrected chi connectivity index (χ0v) is 9.83. The molecule has 0 radical (unpaired) electrons. The van der Waals surface area contributed by atoms with Crippen molar-refractivity contribution in [2.24, 2.45) is 5.92 Å². The van der Waals surface area contributed by atoms with Gasteiger partial charge < -0.3 is 4.90 Å². The first-order chi connectivity index (χ1) is 7.22. The summed E-state index contributed by atoms with van der Waals surface area (Å²) in [4.78, 5) is 13.9. The fourth-order valence-electron chi connectivity index (χ4n) is 2.41. The number of hydrogen-bond donors (Lipinski definition) is 1. The van der Waals surface area contributed by atoms with Crippen molar-refractivity contribution in [3.8, 4) is 0 Å². The molecule has 1 heterocycles.